The second-order valence-electron chi connectivity index (χ2n) is 4.31. The molecule has 1 aliphatic carbocycles. The molecule has 0 bridgehead atoms. The Morgan fingerprint density at radius 2 is 2.18 bits per heavy atom. The van der Waals surface area contributed by atoms with Gasteiger partial charge in [-0.25, -0.2) is 4.39 Å². The van der Waals surface area contributed by atoms with E-state index >= 15 is 0 Å². The smallest absolute Gasteiger partial charge is 0.234 e. The van der Waals surface area contributed by atoms with Crippen LogP contribution in [0.15, 0.2) is 18.2 Å². The number of halogens is 3. The Bertz CT molecular complexity index is 446. The van der Waals surface area contributed by atoms with Crippen molar-refractivity contribution in [1.29, 1.82) is 0 Å². The minimum absolute atomic E-state index is 0.0484. The number of hydrogen-bond donors (Lipinski definition) is 1. The molecule has 1 amide bonds. The number of amides is 1. The maximum atomic E-state index is 13.0. The van der Waals surface area contributed by atoms with Crippen LogP contribution in [0.4, 0.5) is 4.39 Å². The van der Waals surface area contributed by atoms with Crippen LogP contribution in [0, 0.1) is 5.82 Å². The highest BCUT2D eigenvalue weighted by Crippen LogP contribution is 2.50. The van der Waals surface area contributed by atoms with E-state index < -0.39 is 0 Å². The van der Waals surface area contributed by atoms with Gasteiger partial charge in [0.25, 0.3) is 0 Å². The van der Waals surface area contributed by atoms with Gasteiger partial charge in [0.05, 0.1) is 0 Å². The first kappa shape index (κ1) is 12.7. The van der Waals surface area contributed by atoms with Crippen molar-refractivity contribution < 1.29 is 9.18 Å². The molecular formula is C12H12Cl2FNO. The quantitative estimate of drug-likeness (QED) is 0.842. The third-order valence-electron chi connectivity index (χ3n) is 3.10. The van der Waals surface area contributed by atoms with Crippen molar-refractivity contribution in [3.05, 3.63) is 34.6 Å². The lowest BCUT2D eigenvalue weighted by Gasteiger charge is -2.17. The summed E-state index contributed by atoms with van der Waals surface area (Å²) in [6.45, 7) is 0.504. The van der Waals surface area contributed by atoms with Gasteiger partial charge in [-0.1, -0.05) is 17.7 Å². The molecule has 2 nitrogen and oxygen atoms in total. The minimum Gasteiger partial charge on any atom is -0.354 e. The van der Waals surface area contributed by atoms with Gasteiger partial charge in [0, 0.05) is 17.0 Å². The molecule has 5 heteroatoms. The molecule has 2 rings (SSSR count). The van der Waals surface area contributed by atoms with E-state index in [2.05, 4.69) is 5.32 Å². The van der Waals surface area contributed by atoms with Crippen molar-refractivity contribution in [3.63, 3.8) is 0 Å². The predicted octanol–water partition coefficient (Wildman–Crippen LogP) is 2.87. The molecule has 1 aromatic rings. The molecule has 1 saturated carbocycles. The summed E-state index contributed by atoms with van der Waals surface area (Å²) in [4.78, 5) is 11.1. The summed E-state index contributed by atoms with van der Waals surface area (Å²) in [5, 5.41) is 3.17. The molecule has 0 heterocycles. The van der Waals surface area contributed by atoms with Crippen LogP contribution in [0.3, 0.4) is 0 Å². The van der Waals surface area contributed by atoms with Gasteiger partial charge in [-0.05, 0) is 30.5 Å². The Morgan fingerprint density at radius 1 is 1.47 bits per heavy atom. The first-order valence-corrected chi connectivity index (χ1v) is 6.27. The second-order valence-corrected chi connectivity index (χ2v) is 4.99. The molecule has 0 spiro atoms. The normalized spacial score (nSPS) is 16.6. The highest BCUT2D eigenvalue weighted by atomic mass is 35.5. The SMILES string of the molecule is O=C(CCl)NCC1(c2ccc(F)cc2Cl)CC1. The lowest BCUT2D eigenvalue weighted by Crippen LogP contribution is -2.33. The van der Waals surface area contributed by atoms with Gasteiger partial charge in [-0.3, -0.25) is 4.79 Å². The van der Waals surface area contributed by atoms with Crippen LogP contribution in [-0.4, -0.2) is 18.3 Å². The number of rotatable bonds is 4. The number of benzene rings is 1. The van der Waals surface area contributed by atoms with Gasteiger partial charge in [-0.15, -0.1) is 11.6 Å². The van der Waals surface area contributed by atoms with Crippen molar-refractivity contribution >= 4 is 29.1 Å². The highest BCUT2D eigenvalue weighted by Gasteiger charge is 2.45. The molecule has 1 aromatic carbocycles. The minimum atomic E-state index is -0.348. The summed E-state index contributed by atoms with van der Waals surface area (Å²) in [5.41, 5.74) is 0.766. The van der Waals surface area contributed by atoms with Gasteiger partial charge >= 0.3 is 0 Å². The molecule has 1 aliphatic rings. The van der Waals surface area contributed by atoms with Crippen LogP contribution in [0.2, 0.25) is 5.02 Å². The van der Waals surface area contributed by atoms with E-state index in [0.29, 0.717) is 11.6 Å². The summed E-state index contributed by atoms with van der Waals surface area (Å²) in [7, 11) is 0. The van der Waals surface area contributed by atoms with Crippen LogP contribution in [0.25, 0.3) is 0 Å². The van der Waals surface area contributed by atoms with Gasteiger partial charge in [0.2, 0.25) is 5.91 Å². The first-order chi connectivity index (χ1) is 8.07. The highest BCUT2D eigenvalue weighted by molar-refractivity contribution is 6.31. The predicted molar refractivity (Wildman–Crippen MR) is 66.1 cm³/mol. The lowest BCUT2D eigenvalue weighted by atomic mass is 9.96. The summed E-state index contributed by atoms with van der Waals surface area (Å²) >= 11 is 11.4. The van der Waals surface area contributed by atoms with E-state index in [9.17, 15) is 9.18 Å². The Labute approximate surface area is 109 Å². The molecular weight excluding hydrogens is 264 g/mol. The average molecular weight is 276 g/mol. The molecule has 17 heavy (non-hydrogen) atoms. The van der Waals surface area contributed by atoms with Crippen molar-refractivity contribution in [2.75, 3.05) is 12.4 Å². The molecule has 0 radical (unpaired) electrons. The van der Waals surface area contributed by atoms with Crippen molar-refractivity contribution in [3.8, 4) is 0 Å². The largest absolute Gasteiger partial charge is 0.354 e. The fourth-order valence-electron chi connectivity index (χ4n) is 1.93. The van der Waals surface area contributed by atoms with Gasteiger partial charge < -0.3 is 5.32 Å². The molecule has 0 atom stereocenters. The lowest BCUT2D eigenvalue weighted by molar-refractivity contribution is -0.118. The van der Waals surface area contributed by atoms with Crippen LogP contribution in [0.1, 0.15) is 18.4 Å². The molecule has 0 aromatic heterocycles. The van der Waals surface area contributed by atoms with Gasteiger partial charge in [-0.2, -0.15) is 0 Å². The zero-order valence-corrected chi connectivity index (χ0v) is 10.6. The number of carbonyl (C=O) groups is 1. The van der Waals surface area contributed by atoms with E-state index in [1.807, 2.05) is 0 Å². The maximum absolute atomic E-state index is 13.0. The summed E-state index contributed by atoms with van der Waals surface area (Å²) in [6.07, 6.45) is 1.89. The second kappa shape index (κ2) is 4.83. The number of nitrogens with one attached hydrogen (secondary N) is 1. The molecule has 0 aliphatic heterocycles. The Kier molecular flexibility index (Phi) is 3.59. The molecule has 1 N–H and O–H groups in total. The number of alkyl halides is 1. The molecule has 0 saturated heterocycles. The van der Waals surface area contributed by atoms with Crippen molar-refractivity contribution in [1.82, 2.24) is 5.32 Å². The van der Waals surface area contributed by atoms with E-state index in [1.54, 1.807) is 6.07 Å². The Balaban J connectivity index is 2.13. The zero-order valence-electron chi connectivity index (χ0n) is 9.10. The monoisotopic (exact) mass is 275 g/mol. The van der Waals surface area contributed by atoms with E-state index in [4.69, 9.17) is 23.2 Å². The van der Waals surface area contributed by atoms with Crippen LogP contribution >= 0.6 is 23.2 Å². The number of hydrogen-bond acceptors (Lipinski definition) is 1. The van der Waals surface area contributed by atoms with Gasteiger partial charge in [0.15, 0.2) is 0 Å². The third-order valence-corrected chi connectivity index (χ3v) is 3.66. The molecule has 92 valence electrons. The first-order valence-electron chi connectivity index (χ1n) is 5.36. The van der Waals surface area contributed by atoms with Crippen LogP contribution in [0.5, 0.6) is 0 Å². The van der Waals surface area contributed by atoms with E-state index in [1.165, 1.54) is 12.1 Å². The Hall–Kier alpha value is -0.800. The van der Waals surface area contributed by atoms with Crippen molar-refractivity contribution in [2.24, 2.45) is 0 Å². The maximum Gasteiger partial charge on any atom is 0.234 e. The zero-order chi connectivity index (χ0) is 12.5. The number of carbonyl (C=O) groups excluding carboxylic acids is 1. The molecule has 0 unspecified atom stereocenters. The summed E-state index contributed by atoms with van der Waals surface area (Å²) in [5.74, 6) is -0.594. The van der Waals surface area contributed by atoms with E-state index in [0.717, 1.165) is 18.4 Å². The van der Waals surface area contributed by atoms with Crippen LogP contribution in [-0.2, 0) is 10.2 Å². The summed E-state index contributed by atoms with van der Waals surface area (Å²) in [6, 6.07) is 4.39. The molecule has 1 fully saturated rings. The topological polar surface area (TPSA) is 29.1 Å². The fourth-order valence-corrected chi connectivity index (χ4v) is 2.39. The van der Waals surface area contributed by atoms with E-state index in [-0.39, 0.29) is 23.0 Å². The van der Waals surface area contributed by atoms with Crippen LogP contribution < -0.4 is 5.32 Å². The Morgan fingerprint density at radius 3 is 2.71 bits per heavy atom. The van der Waals surface area contributed by atoms with Crippen molar-refractivity contribution in [2.45, 2.75) is 18.3 Å². The standard InChI is InChI=1S/C12H12Cl2FNO/c13-6-11(17)16-7-12(3-4-12)9-2-1-8(15)5-10(9)14/h1-2,5H,3-4,6-7H2,(H,16,17). The average Bonchev–Trinajstić information content (AvgIpc) is 3.07. The fraction of sp³-hybridized carbons (Fsp3) is 0.417. The van der Waals surface area contributed by atoms with Gasteiger partial charge in [0.1, 0.15) is 11.7 Å². The summed E-state index contributed by atoms with van der Waals surface area (Å²) < 4.78 is 13.0. The third kappa shape index (κ3) is 2.72.